The molecule has 4 rings (SSSR count). The Labute approximate surface area is 168 Å². The van der Waals surface area contributed by atoms with Crippen LogP contribution in [0.25, 0.3) is 16.7 Å². The topological polar surface area (TPSA) is 191 Å². The fraction of sp³-hybridized carbons (Fsp3) is 0.353. The van der Waals surface area contributed by atoms with Gasteiger partial charge in [0.2, 0.25) is 0 Å². The Morgan fingerprint density at radius 3 is 2.53 bits per heavy atom. The van der Waals surface area contributed by atoms with E-state index in [0.29, 0.717) is 31.0 Å². The van der Waals surface area contributed by atoms with Crippen LogP contribution in [0.5, 0.6) is 0 Å². The molecule has 0 amide bonds. The summed E-state index contributed by atoms with van der Waals surface area (Å²) in [7, 11) is 0. The molecule has 3 aromatic rings. The maximum Gasteiger partial charge on any atom is 0.316 e. The molecule has 2 aromatic heterocycles. The molecular weight excluding hydrogens is 400 g/mol. The van der Waals surface area contributed by atoms with Crippen molar-refractivity contribution in [2.24, 2.45) is 0 Å². The summed E-state index contributed by atoms with van der Waals surface area (Å²) in [4.78, 5) is 44.1. The molecule has 0 saturated carbocycles. The molecule has 13 heteroatoms. The summed E-state index contributed by atoms with van der Waals surface area (Å²) in [5, 5.41) is 11.6. The molecule has 0 atom stereocenters. The number of non-ortho nitro benzene ring substituents is 1. The first-order valence-corrected chi connectivity index (χ1v) is 8.78. The van der Waals surface area contributed by atoms with Gasteiger partial charge in [-0.1, -0.05) is 0 Å². The first kappa shape index (κ1) is 22.9. The van der Waals surface area contributed by atoms with Gasteiger partial charge in [-0.25, -0.2) is 4.98 Å². The van der Waals surface area contributed by atoms with Gasteiger partial charge in [0.1, 0.15) is 5.52 Å². The van der Waals surface area contributed by atoms with Gasteiger partial charge in [0.25, 0.3) is 5.69 Å². The van der Waals surface area contributed by atoms with E-state index in [-0.39, 0.29) is 28.7 Å². The van der Waals surface area contributed by atoms with Crippen molar-refractivity contribution in [1.29, 1.82) is 0 Å². The van der Waals surface area contributed by atoms with Gasteiger partial charge in [0.05, 0.1) is 35.7 Å². The highest BCUT2D eigenvalue weighted by molar-refractivity contribution is 5.86. The first-order chi connectivity index (χ1) is 13.5. The van der Waals surface area contributed by atoms with E-state index >= 15 is 0 Å². The second-order valence-corrected chi connectivity index (χ2v) is 6.45. The molecule has 0 spiro atoms. The summed E-state index contributed by atoms with van der Waals surface area (Å²) in [5.41, 5.74) is -1.09. The van der Waals surface area contributed by atoms with Crippen LogP contribution in [0.1, 0.15) is 0 Å². The zero-order chi connectivity index (χ0) is 19.7. The molecule has 5 N–H and O–H groups in total. The number of morpholine rings is 1. The summed E-state index contributed by atoms with van der Waals surface area (Å²) >= 11 is 0. The molecule has 1 saturated heterocycles. The lowest BCUT2D eigenvalue weighted by molar-refractivity contribution is -0.383. The summed E-state index contributed by atoms with van der Waals surface area (Å²) in [6.45, 7) is 3.46. The number of H-pyrrole nitrogens is 1. The summed E-state index contributed by atoms with van der Waals surface area (Å²) in [6.07, 6.45) is 4.70. The smallest absolute Gasteiger partial charge is 0.316 e. The average Bonchev–Trinajstić information content (AvgIpc) is 3.23. The van der Waals surface area contributed by atoms with Crippen LogP contribution in [-0.4, -0.2) is 72.7 Å². The molecule has 0 unspecified atom stereocenters. The van der Waals surface area contributed by atoms with Gasteiger partial charge in [-0.05, 0) is 6.07 Å². The molecule has 1 aromatic carbocycles. The Bertz CT molecular complexity index is 1130. The number of hydrogen-bond donors (Lipinski definition) is 1. The van der Waals surface area contributed by atoms with Gasteiger partial charge < -0.3 is 29.8 Å². The van der Waals surface area contributed by atoms with Gasteiger partial charge in [-0.3, -0.25) is 24.6 Å². The Hall–Kier alpha value is -3.39. The van der Waals surface area contributed by atoms with Crippen LogP contribution in [0.3, 0.4) is 0 Å². The number of nitro groups is 1. The third-order valence-electron chi connectivity index (χ3n) is 4.79. The number of aromatic nitrogens is 4. The minimum atomic E-state index is -0.882. The van der Waals surface area contributed by atoms with Gasteiger partial charge >= 0.3 is 11.1 Å². The monoisotopic (exact) mass is 422 g/mol. The van der Waals surface area contributed by atoms with E-state index in [1.807, 2.05) is 0 Å². The largest absolute Gasteiger partial charge is 0.412 e. The number of nitro benzene ring substituents is 1. The van der Waals surface area contributed by atoms with Crippen molar-refractivity contribution in [2.75, 3.05) is 32.8 Å². The number of ether oxygens (including phenoxy) is 1. The number of imidazole rings is 1. The van der Waals surface area contributed by atoms with E-state index < -0.39 is 16.0 Å². The number of nitrogens with zero attached hydrogens (tertiary/aromatic N) is 5. The highest BCUT2D eigenvalue weighted by Crippen LogP contribution is 2.26. The van der Waals surface area contributed by atoms with E-state index in [9.17, 15) is 19.7 Å². The summed E-state index contributed by atoms with van der Waals surface area (Å²) in [5.74, 6) is 0. The number of rotatable bonds is 5. The zero-order valence-electron chi connectivity index (χ0n) is 15.9. The van der Waals surface area contributed by atoms with Crippen LogP contribution in [0.15, 0.2) is 40.4 Å². The molecule has 0 radical (unpaired) electrons. The third-order valence-corrected chi connectivity index (χ3v) is 4.79. The second-order valence-electron chi connectivity index (χ2n) is 6.45. The van der Waals surface area contributed by atoms with Crippen molar-refractivity contribution in [3.8, 4) is 5.69 Å². The standard InChI is InChI=1S/C17H18N6O5.2H2O/c24-16-17(25)22(4-3-20-5-7-28-8-6-20)13-9-12(21-2-1-18-11-21)10-14(23(26)27)15(13)19-16;;/h1-2,9-11H,3-8H2,(H,19,24);2*1H2. The molecule has 1 aliphatic heterocycles. The highest BCUT2D eigenvalue weighted by Gasteiger charge is 2.20. The second kappa shape index (κ2) is 9.41. The van der Waals surface area contributed by atoms with Crippen LogP contribution in [-0.2, 0) is 11.3 Å². The van der Waals surface area contributed by atoms with E-state index in [1.54, 1.807) is 23.0 Å². The van der Waals surface area contributed by atoms with E-state index in [4.69, 9.17) is 4.74 Å². The van der Waals surface area contributed by atoms with Gasteiger partial charge in [0, 0.05) is 44.6 Å². The molecule has 3 heterocycles. The minimum Gasteiger partial charge on any atom is -0.412 e. The molecule has 1 fully saturated rings. The van der Waals surface area contributed by atoms with Crippen molar-refractivity contribution in [1.82, 2.24) is 24.0 Å². The quantitative estimate of drug-likeness (QED) is 0.292. The van der Waals surface area contributed by atoms with Crippen molar-refractivity contribution < 1.29 is 20.6 Å². The van der Waals surface area contributed by atoms with Crippen LogP contribution >= 0.6 is 0 Å². The predicted octanol–water partition coefficient (Wildman–Crippen LogP) is -1.53. The Morgan fingerprint density at radius 2 is 1.90 bits per heavy atom. The van der Waals surface area contributed by atoms with Crippen molar-refractivity contribution in [3.05, 3.63) is 61.7 Å². The van der Waals surface area contributed by atoms with Gasteiger partial charge in [-0.15, -0.1) is 0 Å². The maximum atomic E-state index is 12.5. The van der Waals surface area contributed by atoms with Gasteiger partial charge in [-0.2, -0.15) is 0 Å². The van der Waals surface area contributed by atoms with Crippen molar-refractivity contribution >= 4 is 16.7 Å². The molecule has 1 aliphatic rings. The fourth-order valence-corrected chi connectivity index (χ4v) is 3.33. The van der Waals surface area contributed by atoms with E-state index in [0.717, 1.165) is 13.1 Å². The van der Waals surface area contributed by atoms with Crippen LogP contribution in [0.2, 0.25) is 0 Å². The van der Waals surface area contributed by atoms with Crippen LogP contribution in [0.4, 0.5) is 5.69 Å². The SMILES string of the molecule is O.O.O=c1[nH]c2c([N+](=O)[O-])cc(-n3ccnc3)cc2n(CCN2CCOCC2)c1=O. The zero-order valence-corrected chi connectivity index (χ0v) is 15.9. The molecule has 30 heavy (non-hydrogen) atoms. The lowest BCUT2D eigenvalue weighted by atomic mass is 10.2. The Morgan fingerprint density at radius 1 is 1.17 bits per heavy atom. The van der Waals surface area contributed by atoms with E-state index in [1.165, 1.54) is 17.0 Å². The van der Waals surface area contributed by atoms with E-state index in [2.05, 4.69) is 14.9 Å². The molecular formula is C17H22N6O7. The molecule has 13 nitrogen and oxygen atoms in total. The maximum absolute atomic E-state index is 12.5. The number of hydrogen-bond acceptors (Lipinski definition) is 7. The lowest BCUT2D eigenvalue weighted by Crippen LogP contribution is -2.42. The first-order valence-electron chi connectivity index (χ1n) is 8.78. The highest BCUT2D eigenvalue weighted by atomic mass is 16.6. The normalized spacial score (nSPS) is 14.1. The third kappa shape index (κ3) is 4.28. The molecule has 0 aliphatic carbocycles. The fourth-order valence-electron chi connectivity index (χ4n) is 3.33. The molecule has 0 bridgehead atoms. The Balaban J connectivity index is 0.00000160. The predicted molar refractivity (Wildman–Crippen MR) is 107 cm³/mol. The minimum absolute atomic E-state index is 0. The Kier molecular flexibility index (Phi) is 7.18. The summed E-state index contributed by atoms with van der Waals surface area (Å²) < 4.78 is 8.22. The summed E-state index contributed by atoms with van der Waals surface area (Å²) in [6, 6.07) is 2.98. The number of aromatic amines is 1. The number of nitrogens with one attached hydrogen (secondary N) is 1. The number of benzene rings is 1. The average molecular weight is 422 g/mol. The van der Waals surface area contributed by atoms with Crippen LogP contribution < -0.4 is 11.1 Å². The van der Waals surface area contributed by atoms with Crippen molar-refractivity contribution in [2.45, 2.75) is 6.54 Å². The van der Waals surface area contributed by atoms with Gasteiger partial charge in [0.15, 0.2) is 0 Å². The number of fused-ring (bicyclic) bond motifs is 1. The van der Waals surface area contributed by atoms with Crippen molar-refractivity contribution in [3.63, 3.8) is 0 Å². The van der Waals surface area contributed by atoms with Crippen LogP contribution in [0, 0.1) is 10.1 Å². The molecule has 162 valence electrons. The lowest BCUT2D eigenvalue weighted by Gasteiger charge is -2.26.